The van der Waals surface area contributed by atoms with Crippen LogP contribution in [-0.4, -0.2) is 23.2 Å². The summed E-state index contributed by atoms with van der Waals surface area (Å²) in [5, 5.41) is 13.0. The lowest BCUT2D eigenvalue weighted by Gasteiger charge is -2.22. The van der Waals surface area contributed by atoms with Crippen molar-refractivity contribution in [1.29, 1.82) is 0 Å². The predicted octanol–water partition coefficient (Wildman–Crippen LogP) is 6.52. The predicted molar refractivity (Wildman–Crippen MR) is 113 cm³/mol. The monoisotopic (exact) mass is 369 g/mol. The van der Waals surface area contributed by atoms with Crippen molar-refractivity contribution in [2.45, 2.75) is 142 Å². The molecule has 26 heavy (non-hydrogen) atoms. The van der Waals surface area contributed by atoms with Gasteiger partial charge in [-0.2, -0.15) is 0 Å². The van der Waals surface area contributed by atoms with E-state index in [2.05, 4.69) is 19.2 Å². The van der Waals surface area contributed by atoms with E-state index >= 15 is 0 Å². The zero-order valence-electron chi connectivity index (χ0n) is 18.0. The van der Waals surface area contributed by atoms with Crippen molar-refractivity contribution in [2.24, 2.45) is 0 Å². The van der Waals surface area contributed by atoms with Gasteiger partial charge in [-0.15, -0.1) is 0 Å². The highest BCUT2D eigenvalue weighted by atomic mass is 16.3. The van der Waals surface area contributed by atoms with Crippen LogP contribution in [0.5, 0.6) is 0 Å². The molecule has 0 aromatic rings. The third kappa shape index (κ3) is 15.7. The molecule has 2 atom stereocenters. The molecule has 0 aromatic carbocycles. The van der Waals surface area contributed by atoms with Gasteiger partial charge in [0.05, 0.1) is 12.1 Å². The fraction of sp³-hybridized carbons (Fsp3) is 0.957. The number of hydrogen-bond donors (Lipinski definition) is 2. The van der Waals surface area contributed by atoms with Gasteiger partial charge < -0.3 is 10.4 Å². The largest absolute Gasteiger partial charge is 0.391 e. The maximum absolute atomic E-state index is 12.0. The van der Waals surface area contributed by atoms with Crippen LogP contribution in [0.4, 0.5) is 0 Å². The lowest BCUT2D eigenvalue weighted by molar-refractivity contribution is -0.122. The van der Waals surface area contributed by atoms with Crippen LogP contribution in [-0.2, 0) is 4.79 Å². The molecule has 0 aliphatic rings. The lowest BCUT2D eigenvalue weighted by Crippen LogP contribution is -2.42. The fourth-order valence-electron chi connectivity index (χ4n) is 3.55. The van der Waals surface area contributed by atoms with Crippen LogP contribution in [0.2, 0.25) is 0 Å². The van der Waals surface area contributed by atoms with Gasteiger partial charge in [-0.25, -0.2) is 0 Å². The van der Waals surface area contributed by atoms with E-state index in [4.69, 9.17) is 0 Å². The summed E-state index contributed by atoms with van der Waals surface area (Å²) in [5.74, 6) is 0.107. The molecule has 1 amide bonds. The molecule has 0 aliphatic heterocycles. The standard InChI is InChI=1S/C23H47NO2/c1-4-7-8-9-10-11-12-13-14-15-16-17-18-20-23(26)24-21(6-3)22(25)19-5-2/h21-22,25H,4-20H2,1-3H3,(H,24,26)/t21-,22+/m0/s1. The summed E-state index contributed by atoms with van der Waals surface area (Å²) in [6.45, 7) is 6.35. The second-order valence-electron chi connectivity index (χ2n) is 7.93. The molecule has 0 fully saturated rings. The highest BCUT2D eigenvalue weighted by Crippen LogP contribution is 2.13. The topological polar surface area (TPSA) is 49.3 Å². The van der Waals surface area contributed by atoms with E-state index in [1.165, 1.54) is 70.6 Å². The minimum atomic E-state index is -0.402. The quantitative estimate of drug-likeness (QED) is 0.254. The zero-order valence-corrected chi connectivity index (χ0v) is 18.0. The molecule has 0 rings (SSSR count). The van der Waals surface area contributed by atoms with Gasteiger partial charge in [0.1, 0.15) is 0 Å². The van der Waals surface area contributed by atoms with Crippen molar-refractivity contribution in [3.63, 3.8) is 0 Å². The Morgan fingerprint density at radius 2 is 1.19 bits per heavy atom. The number of hydrogen-bond acceptors (Lipinski definition) is 2. The number of unbranched alkanes of at least 4 members (excludes halogenated alkanes) is 12. The number of rotatable bonds is 19. The Bertz CT molecular complexity index is 307. The molecule has 3 heteroatoms. The third-order valence-corrected chi connectivity index (χ3v) is 5.34. The first kappa shape index (κ1) is 25.4. The fourth-order valence-corrected chi connectivity index (χ4v) is 3.55. The average Bonchev–Trinajstić information content (AvgIpc) is 2.63. The number of aliphatic hydroxyl groups is 1. The van der Waals surface area contributed by atoms with Crippen molar-refractivity contribution >= 4 is 5.91 Å². The Hall–Kier alpha value is -0.570. The van der Waals surface area contributed by atoms with Crippen molar-refractivity contribution in [1.82, 2.24) is 5.32 Å². The molecule has 0 aromatic heterocycles. The van der Waals surface area contributed by atoms with Crippen LogP contribution in [0, 0.1) is 0 Å². The molecular formula is C23H47NO2. The van der Waals surface area contributed by atoms with Crippen LogP contribution in [0.25, 0.3) is 0 Å². The molecule has 0 spiro atoms. The normalized spacial score (nSPS) is 13.5. The summed E-state index contributed by atoms with van der Waals surface area (Å²) in [5.41, 5.74) is 0. The lowest BCUT2D eigenvalue weighted by atomic mass is 10.0. The Morgan fingerprint density at radius 3 is 1.62 bits per heavy atom. The molecule has 0 unspecified atom stereocenters. The zero-order chi connectivity index (χ0) is 19.5. The molecule has 0 radical (unpaired) electrons. The molecule has 0 saturated carbocycles. The maximum Gasteiger partial charge on any atom is 0.220 e. The second kappa shape index (κ2) is 19.2. The first-order valence-corrected chi connectivity index (χ1v) is 11.6. The van der Waals surface area contributed by atoms with Crippen molar-refractivity contribution < 1.29 is 9.90 Å². The van der Waals surface area contributed by atoms with E-state index in [9.17, 15) is 9.90 Å². The second-order valence-corrected chi connectivity index (χ2v) is 7.93. The Labute approximate surface area is 163 Å². The molecule has 2 N–H and O–H groups in total. The Kier molecular flexibility index (Phi) is 18.8. The summed E-state index contributed by atoms with van der Waals surface area (Å²) < 4.78 is 0. The third-order valence-electron chi connectivity index (χ3n) is 5.34. The van der Waals surface area contributed by atoms with Gasteiger partial charge >= 0.3 is 0 Å². The van der Waals surface area contributed by atoms with E-state index in [1.54, 1.807) is 0 Å². The van der Waals surface area contributed by atoms with Gasteiger partial charge in [-0.05, 0) is 19.3 Å². The van der Waals surface area contributed by atoms with E-state index in [1.807, 2.05) is 6.92 Å². The van der Waals surface area contributed by atoms with Crippen LogP contribution >= 0.6 is 0 Å². The van der Waals surface area contributed by atoms with Crippen molar-refractivity contribution in [3.05, 3.63) is 0 Å². The smallest absolute Gasteiger partial charge is 0.220 e. The summed E-state index contributed by atoms with van der Waals surface area (Å²) in [6, 6.07) is -0.0792. The molecular weight excluding hydrogens is 322 g/mol. The summed E-state index contributed by atoms with van der Waals surface area (Å²) in [7, 11) is 0. The first-order valence-electron chi connectivity index (χ1n) is 11.6. The first-order chi connectivity index (χ1) is 12.7. The van der Waals surface area contributed by atoms with Crippen LogP contribution in [0.15, 0.2) is 0 Å². The van der Waals surface area contributed by atoms with Crippen molar-refractivity contribution in [2.75, 3.05) is 0 Å². The van der Waals surface area contributed by atoms with Gasteiger partial charge in [0.2, 0.25) is 5.91 Å². The number of aliphatic hydroxyl groups excluding tert-OH is 1. The van der Waals surface area contributed by atoms with Crippen LogP contribution in [0.3, 0.4) is 0 Å². The number of carbonyl (C=O) groups is 1. The molecule has 0 saturated heterocycles. The number of nitrogens with one attached hydrogen (secondary N) is 1. The average molecular weight is 370 g/mol. The van der Waals surface area contributed by atoms with Crippen molar-refractivity contribution in [3.8, 4) is 0 Å². The highest BCUT2D eigenvalue weighted by Gasteiger charge is 2.18. The van der Waals surface area contributed by atoms with Gasteiger partial charge in [0, 0.05) is 6.42 Å². The van der Waals surface area contributed by atoms with E-state index < -0.39 is 6.10 Å². The van der Waals surface area contributed by atoms with Crippen LogP contribution < -0.4 is 5.32 Å². The highest BCUT2D eigenvalue weighted by molar-refractivity contribution is 5.76. The van der Waals surface area contributed by atoms with Gasteiger partial charge in [0.15, 0.2) is 0 Å². The van der Waals surface area contributed by atoms with E-state index in [0.29, 0.717) is 6.42 Å². The van der Waals surface area contributed by atoms with E-state index in [0.717, 1.165) is 32.1 Å². The number of carbonyl (C=O) groups excluding carboxylic acids is 1. The molecule has 3 nitrogen and oxygen atoms in total. The van der Waals surface area contributed by atoms with E-state index in [-0.39, 0.29) is 11.9 Å². The van der Waals surface area contributed by atoms with Gasteiger partial charge in [-0.3, -0.25) is 4.79 Å². The SMILES string of the molecule is CCCCCCCCCCCCCCCC(=O)N[C@@H](CC)[C@H](O)CCC. The minimum absolute atomic E-state index is 0.0792. The maximum atomic E-state index is 12.0. The summed E-state index contributed by atoms with van der Waals surface area (Å²) in [6.07, 6.45) is 19.9. The summed E-state index contributed by atoms with van der Waals surface area (Å²) in [4.78, 5) is 12.0. The number of amides is 1. The van der Waals surface area contributed by atoms with Crippen LogP contribution in [0.1, 0.15) is 130 Å². The Morgan fingerprint density at radius 1 is 0.731 bits per heavy atom. The molecule has 0 heterocycles. The molecule has 0 bridgehead atoms. The minimum Gasteiger partial charge on any atom is -0.391 e. The molecule has 156 valence electrons. The van der Waals surface area contributed by atoms with Gasteiger partial charge in [0.25, 0.3) is 0 Å². The summed E-state index contributed by atoms with van der Waals surface area (Å²) >= 11 is 0. The molecule has 0 aliphatic carbocycles. The van der Waals surface area contributed by atoms with Gasteiger partial charge in [-0.1, -0.05) is 104 Å². The Balaban J connectivity index is 3.42.